The van der Waals surface area contributed by atoms with Crippen LogP contribution in [0.4, 0.5) is 0 Å². The minimum Gasteiger partial charge on any atom is -0.394 e. The van der Waals surface area contributed by atoms with E-state index in [0.717, 1.165) is 32.1 Å². The largest absolute Gasteiger partial charge is 0.394 e. The summed E-state index contributed by atoms with van der Waals surface area (Å²) in [7, 11) is 0. The van der Waals surface area contributed by atoms with E-state index >= 15 is 0 Å². The Morgan fingerprint density at radius 3 is 1.21 bits per heavy atom. The molecule has 0 saturated heterocycles. The smallest absolute Gasteiger partial charge is 0.222 e. The third kappa shape index (κ3) is 34.9. The van der Waals surface area contributed by atoms with Gasteiger partial charge in [-0.2, -0.15) is 0 Å². The first-order valence-electron chi connectivity index (χ1n) is 21.5. The Morgan fingerprint density at radius 2 is 0.833 bits per heavy atom. The Balaban J connectivity index is 3.62. The zero-order valence-electron chi connectivity index (χ0n) is 32.4. The molecule has 0 aromatic carbocycles. The predicted octanol–water partition coefficient (Wildman–Crippen LogP) is 12.0. The molecule has 4 N–H and O–H groups in total. The summed E-state index contributed by atoms with van der Waals surface area (Å²) in [5.41, 5.74) is 0. The fourth-order valence-electron chi connectivity index (χ4n) is 6.75. The fourth-order valence-corrected chi connectivity index (χ4v) is 6.75. The number of aliphatic hydroxyl groups is 3. The molecule has 0 fully saturated rings. The Bertz CT molecular complexity index is 669. The first-order chi connectivity index (χ1) is 23.5. The number of carbonyl (C=O) groups is 1. The summed E-state index contributed by atoms with van der Waals surface area (Å²) in [4.78, 5) is 12.4. The van der Waals surface area contributed by atoms with Crippen molar-refractivity contribution in [3.8, 4) is 0 Å². The van der Waals surface area contributed by atoms with Crippen molar-refractivity contribution in [3.63, 3.8) is 0 Å². The summed E-state index contributed by atoms with van der Waals surface area (Å²) in [6.45, 7) is 4.27. The Morgan fingerprint density at radius 1 is 0.500 bits per heavy atom. The standard InChI is InChI=1S/C43H85NO4/c1-3-5-7-9-11-13-15-17-19-20-21-22-23-24-26-28-30-32-34-36-40(46)38-43(48)44-41(39-45)42(47)37-35-33-31-29-27-25-18-16-14-12-10-8-6-4-2/h22-23,40-42,45-47H,3-21,24-39H2,1-2H3,(H,44,48)/b23-22-. The van der Waals surface area contributed by atoms with Crippen molar-refractivity contribution < 1.29 is 20.1 Å². The van der Waals surface area contributed by atoms with Gasteiger partial charge >= 0.3 is 0 Å². The topological polar surface area (TPSA) is 89.8 Å². The van der Waals surface area contributed by atoms with E-state index in [1.807, 2.05) is 0 Å². The van der Waals surface area contributed by atoms with E-state index in [2.05, 4.69) is 31.3 Å². The molecule has 0 aliphatic rings. The molecule has 1 amide bonds. The van der Waals surface area contributed by atoms with Crippen LogP contribution >= 0.6 is 0 Å². The second-order valence-corrected chi connectivity index (χ2v) is 15.0. The maximum Gasteiger partial charge on any atom is 0.222 e. The molecule has 5 heteroatoms. The van der Waals surface area contributed by atoms with Gasteiger partial charge in [-0.3, -0.25) is 4.79 Å². The highest BCUT2D eigenvalue weighted by Gasteiger charge is 2.21. The molecule has 0 saturated carbocycles. The zero-order chi connectivity index (χ0) is 35.2. The van der Waals surface area contributed by atoms with Crippen LogP contribution in [-0.4, -0.2) is 46.1 Å². The molecule has 48 heavy (non-hydrogen) atoms. The van der Waals surface area contributed by atoms with Crippen molar-refractivity contribution in [1.82, 2.24) is 5.32 Å². The van der Waals surface area contributed by atoms with Crippen molar-refractivity contribution in [2.24, 2.45) is 0 Å². The van der Waals surface area contributed by atoms with Crippen molar-refractivity contribution in [2.45, 2.75) is 250 Å². The van der Waals surface area contributed by atoms with Gasteiger partial charge in [0.2, 0.25) is 5.91 Å². The summed E-state index contributed by atoms with van der Waals surface area (Å²) in [5.74, 6) is -0.286. The average Bonchev–Trinajstić information content (AvgIpc) is 3.08. The van der Waals surface area contributed by atoms with E-state index in [4.69, 9.17) is 0 Å². The summed E-state index contributed by atoms with van der Waals surface area (Å²) < 4.78 is 0. The van der Waals surface area contributed by atoms with Crippen LogP contribution in [0.15, 0.2) is 12.2 Å². The van der Waals surface area contributed by atoms with Crippen LogP contribution in [0.3, 0.4) is 0 Å². The molecule has 0 aliphatic carbocycles. The lowest BCUT2D eigenvalue weighted by Gasteiger charge is -2.23. The second-order valence-electron chi connectivity index (χ2n) is 15.0. The molecule has 0 radical (unpaired) electrons. The molecule has 0 aromatic heterocycles. The number of carbonyl (C=O) groups excluding carboxylic acids is 1. The first kappa shape index (κ1) is 47.1. The van der Waals surface area contributed by atoms with E-state index in [0.29, 0.717) is 12.8 Å². The summed E-state index contributed by atoms with van der Waals surface area (Å²) >= 11 is 0. The maximum atomic E-state index is 12.4. The lowest BCUT2D eigenvalue weighted by Crippen LogP contribution is -2.46. The minimum atomic E-state index is -0.747. The van der Waals surface area contributed by atoms with Crippen molar-refractivity contribution in [1.29, 1.82) is 0 Å². The van der Waals surface area contributed by atoms with Gasteiger partial charge in [-0.25, -0.2) is 0 Å². The number of allylic oxidation sites excluding steroid dienone is 2. The number of hydrogen-bond donors (Lipinski definition) is 4. The number of nitrogens with one attached hydrogen (secondary N) is 1. The Labute approximate surface area is 299 Å². The highest BCUT2D eigenvalue weighted by Crippen LogP contribution is 2.16. The van der Waals surface area contributed by atoms with Crippen LogP contribution in [0.5, 0.6) is 0 Å². The molecule has 3 atom stereocenters. The van der Waals surface area contributed by atoms with E-state index in [-0.39, 0.29) is 18.9 Å². The Kier molecular flexibility index (Phi) is 38.1. The summed E-state index contributed by atoms with van der Waals surface area (Å²) in [6.07, 6.45) is 44.6. The minimum absolute atomic E-state index is 0.0336. The third-order valence-corrected chi connectivity index (χ3v) is 10.1. The molecule has 0 spiro atoms. The average molecular weight is 680 g/mol. The summed E-state index contributed by atoms with van der Waals surface area (Å²) in [5, 5.41) is 33.3. The highest BCUT2D eigenvalue weighted by atomic mass is 16.3. The van der Waals surface area contributed by atoms with Crippen LogP contribution in [0.1, 0.15) is 232 Å². The van der Waals surface area contributed by atoms with E-state index in [1.54, 1.807) is 0 Å². The number of rotatable bonds is 39. The lowest BCUT2D eigenvalue weighted by molar-refractivity contribution is -0.125. The van der Waals surface area contributed by atoms with Crippen LogP contribution in [0.2, 0.25) is 0 Å². The maximum absolute atomic E-state index is 12.4. The lowest BCUT2D eigenvalue weighted by atomic mass is 10.0. The highest BCUT2D eigenvalue weighted by molar-refractivity contribution is 5.76. The van der Waals surface area contributed by atoms with Gasteiger partial charge in [-0.1, -0.05) is 199 Å². The van der Waals surface area contributed by atoms with Crippen LogP contribution in [-0.2, 0) is 4.79 Å². The van der Waals surface area contributed by atoms with Gasteiger partial charge in [0.25, 0.3) is 0 Å². The quantitative estimate of drug-likeness (QED) is 0.0384. The van der Waals surface area contributed by atoms with E-state index in [9.17, 15) is 20.1 Å². The number of unbranched alkanes of at least 4 members (excludes halogenated alkanes) is 28. The molecule has 0 rings (SSSR count). The normalized spacial score (nSPS) is 13.7. The monoisotopic (exact) mass is 680 g/mol. The van der Waals surface area contributed by atoms with Gasteiger partial charge in [-0.15, -0.1) is 0 Å². The van der Waals surface area contributed by atoms with Crippen LogP contribution < -0.4 is 5.32 Å². The second kappa shape index (κ2) is 38.9. The molecule has 0 heterocycles. The van der Waals surface area contributed by atoms with Crippen molar-refractivity contribution in [3.05, 3.63) is 12.2 Å². The first-order valence-corrected chi connectivity index (χ1v) is 21.5. The number of hydrogen-bond acceptors (Lipinski definition) is 4. The third-order valence-electron chi connectivity index (χ3n) is 10.1. The van der Waals surface area contributed by atoms with Gasteiger partial charge < -0.3 is 20.6 Å². The van der Waals surface area contributed by atoms with E-state index < -0.39 is 18.2 Å². The molecule has 0 bridgehead atoms. The molecule has 0 aliphatic heterocycles. The van der Waals surface area contributed by atoms with Crippen LogP contribution in [0.25, 0.3) is 0 Å². The molecule has 5 nitrogen and oxygen atoms in total. The summed E-state index contributed by atoms with van der Waals surface area (Å²) in [6, 6.07) is -0.657. The van der Waals surface area contributed by atoms with Crippen LogP contribution in [0, 0.1) is 0 Å². The van der Waals surface area contributed by atoms with Gasteiger partial charge in [0.05, 0.1) is 31.3 Å². The fraction of sp³-hybridized carbons (Fsp3) is 0.930. The molecule has 286 valence electrons. The van der Waals surface area contributed by atoms with Gasteiger partial charge in [-0.05, 0) is 38.5 Å². The molecular formula is C43H85NO4. The molecule has 3 unspecified atom stereocenters. The van der Waals surface area contributed by atoms with Gasteiger partial charge in [0.1, 0.15) is 0 Å². The van der Waals surface area contributed by atoms with Gasteiger partial charge in [0.15, 0.2) is 0 Å². The van der Waals surface area contributed by atoms with E-state index in [1.165, 1.54) is 167 Å². The SMILES string of the molecule is CCCCCCCCCCCC/C=C\CCCCCCCC(O)CC(=O)NC(CO)C(O)CCCCCCCCCCCCCCCC. The van der Waals surface area contributed by atoms with Crippen molar-refractivity contribution in [2.75, 3.05) is 6.61 Å². The predicted molar refractivity (Wildman–Crippen MR) is 208 cm³/mol. The molecule has 0 aromatic rings. The van der Waals surface area contributed by atoms with Crippen molar-refractivity contribution >= 4 is 5.91 Å². The molecular weight excluding hydrogens is 594 g/mol. The zero-order valence-corrected chi connectivity index (χ0v) is 32.4. The Hall–Kier alpha value is -0.910. The number of amides is 1. The number of aliphatic hydroxyl groups excluding tert-OH is 3. The van der Waals surface area contributed by atoms with Gasteiger partial charge in [0, 0.05) is 0 Å².